The average Bonchev–Trinajstić information content (AvgIpc) is 3.11. The molecule has 0 atom stereocenters. The maximum atomic E-state index is 13.3. The fourth-order valence-electron chi connectivity index (χ4n) is 3.21. The summed E-state index contributed by atoms with van der Waals surface area (Å²) >= 11 is 0. The normalized spacial score (nSPS) is 11.8. The molecule has 0 saturated heterocycles. The predicted octanol–water partition coefficient (Wildman–Crippen LogP) is 4.47. The number of H-pyrrole nitrogens is 1. The summed E-state index contributed by atoms with van der Waals surface area (Å²) in [5.41, 5.74) is 3.59. The van der Waals surface area contributed by atoms with Crippen molar-refractivity contribution < 1.29 is 9.47 Å². The van der Waals surface area contributed by atoms with E-state index in [1.165, 1.54) is 0 Å². The first-order chi connectivity index (χ1) is 14.5. The molecule has 3 rings (SSSR count). The lowest BCUT2D eigenvalue weighted by atomic mass is 10.0. The molecule has 0 spiro atoms. The highest BCUT2D eigenvalue weighted by atomic mass is 16.5. The topological polar surface area (TPSA) is 68.6 Å². The minimum absolute atomic E-state index is 0.119. The van der Waals surface area contributed by atoms with Crippen LogP contribution in [0.3, 0.4) is 0 Å². The number of nitrogens with one attached hydrogen (secondary N) is 1. The van der Waals surface area contributed by atoms with Gasteiger partial charge in [-0.2, -0.15) is 0 Å². The Kier molecular flexibility index (Phi) is 7.25. The molecule has 6 nitrogen and oxygen atoms in total. The van der Waals surface area contributed by atoms with Gasteiger partial charge in [0.05, 0.1) is 30.2 Å². The Morgan fingerprint density at radius 1 is 1.10 bits per heavy atom. The molecule has 3 aromatic rings. The monoisotopic (exact) mass is 407 g/mol. The molecule has 0 fully saturated rings. The molecule has 1 heterocycles. The van der Waals surface area contributed by atoms with E-state index in [2.05, 4.69) is 10.1 Å². The van der Waals surface area contributed by atoms with E-state index in [0.29, 0.717) is 24.4 Å². The van der Waals surface area contributed by atoms with Gasteiger partial charge in [-0.15, -0.1) is 0 Å². The summed E-state index contributed by atoms with van der Waals surface area (Å²) in [4.78, 5) is 18.0. The lowest BCUT2D eigenvalue weighted by molar-refractivity contribution is 0.0783. The Morgan fingerprint density at radius 3 is 2.43 bits per heavy atom. The van der Waals surface area contributed by atoms with Crippen molar-refractivity contribution >= 4 is 5.71 Å². The van der Waals surface area contributed by atoms with Crippen LogP contribution >= 0.6 is 0 Å². The number of para-hydroxylation sites is 1. The van der Waals surface area contributed by atoms with Crippen molar-refractivity contribution in [3.05, 3.63) is 70.5 Å². The van der Waals surface area contributed by atoms with E-state index in [4.69, 9.17) is 9.47 Å². The molecule has 0 saturated carbocycles. The van der Waals surface area contributed by atoms with Crippen molar-refractivity contribution in [1.82, 2.24) is 9.78 Å². The number of aromatic amines is 1. The van der Waals surface area contributed by atoms with Gasteiger partial charge in [-0.05, 0) is 63.6 Å². The molecule has 0 unspecified atom stereocenters. The van der Waals surface area contributed by atoms with Gasteiger partial charge in [0, 0.05) is 24.4 Å². The maximum Gasteiger partial charge on any atom is 0.280 e. The molecule has 0 aliphatic carbocycles. The molecule has 0 aliphatic rings. The van der Waals surface area contributed by atoms with E-state index in [1.54, 1.807) is 11.8 Å². The zero-order valence-electron chi connectivity index (χ0n) is 18.0. The first kappa shape index (κ1) is 21.6. The fraction of sp³-hybridized carbons (Fsp3) is 0.333. The molecule has 30 heavy (non-hydrogen) atoms. The van der Waals surface area contributed by atoms with Crippen molar-refractivity contribution in [2.75, 3.05) is 20.3 Å². The van der Waals surface area contributed by atoms with Gasteiger partial charge in [0.15, 0.2) is 0 Å². The highest BCUT2D eigenvalue weighted by molar-refractivity contribution is 6.03. The number of ether oxygens (including phenoxy) is 2. The first-order valence-corrected chi connectivity index (χ1v) is 10.2. The van der Waals surface area contributed by atoms with Gasteiger partial charge in [0.25, 0.3) is 5.56 Å². The standard InChI is InChI=1S/C24H29N3O3/c1-17(2)30-16-8-15-25-18(3)22-23(19-11-13-21(29-4)14-12-19)26-27(24(22)28)20-9-6-5-7-10-20/h5-7,9-14,17,26H,8,15-16H2,1-4H3. The van der Waals surface area contributed by atoms with Crippen LogP contribution in [-0.4, -0.2) is 41.9 Å². The molecule has 0 amide bonds. The average molecular weight is 408 g/mol. The van der Waals surface area contributed by atoms with Gasteiger partial charge < -0.3 is 9.47 Å². The van der Waals surface area contributed by atoms with E-state index in [-0.39, 0.29) is 11.7 Å². The number of benzene rings is 2. The van der Waals surface area contributed by atoms with Crippen molar-refractivity contribution in [2.24, 2.45) is 4.99 Å². The van der Waals surface area contributed by atoms with Crippen LogP contribution in [-0.2, 0) is 4.74 Å². The molecule has 1 aromatic heterocycles. The zero-order chi connectivity index (χ0) is 21.5. The third kappa shape index (κ3) is 5.07. The Balaban J connectivity index is 1.98. The zero-order valence-corrected chi connectivity index (χ0v) is 18.0. The van der Waals surface area contributed by atoms with E-state index in [1.807, 2.05) is 75.4 Å². The Morgan fingerprint density at radius 2 is 1.80 bits per heavy atom. The Hall–Kier alpha value is -3.12. The van der Waals surface area contributed by atoms with Crippen LogP contribution < -0.4 is 10.3 Å². The van der Waals surface area contributed by atoms with Crippen LogP contribution in [0.5, 0.6) is 5.75 Å². The van der Waals surface area contributed by atoms with Crippen molar-refractivity contribution in [2.45, 2.75) is 33.3 Å². The lowest BCUT2D eigenvalue weighted by Gasteiger charge is -2.06. The number of methoxy groups -OCH3 is 1. The SMILES string of the molecule is COc1ccc(-c2[nH]n(-c3ccccc3)c(=O)c2C(C)=NCCCOC(C)C)cc1. The second-order valence-corrected chi connectivity index (χ2v) is 7.31. The maximum absolute atomic E-state index is 13.3. The van der Waals surface area contributed by atoms with Crippen LogP contribution in [0.1, 0.15) is 32.8 Å². The molecule has 1 N–H and O–H groups in total. The highest BCUT2D eigenvalue weighted by Crippen LogP contribution is 2.24. The molecule has 158 valence electrons. The quantitative estimate of drug-likeness (QED) is 0.420. The summed E-state index contributed by atoms with van der Waals surface area (Å²) in [6.07, 6.45) is 1.02. The van der Waals surface area contributed by atoms with Crippen LogP contribution in [0.15, 0.2) is 64.4 Å². The predicted molar refractivity (Wildman–Crippen MR) is 121 cm³/mol. The Bertz CT molecular complexity index is 1030. The van der Waals surface area contributed by atoms with Crippen molar-refractivity contribution in [3.63, 3.8) is 0 Å². The lowest BCUT2D eigenvalue weighted by Crippen LogP contribution is -2.19. The number of aromatic nitrogens is 2. The van der Waals surface area contributed by atoms with Gasteiger partial charge in [-0.25, -0.2) is 4.68 Å². The molecule has 0 bridgehead atoms. The largest absolute Gasteiger partial charge is 0.497 e. The molecule has 0 radical (unpaired) electrons. The number of rotatable bonds is 9. The van der Waals surface area contributed by atoms with E-state index in [0.717, 1.165) is 29.1 Å². The van der Waals surface area contributed by atoms with Crippen molar-refractivity contribution in [1.29, 1.82) is 0 Å². The summed E-state index contributed by atoms with van der Waals surface area (Å²) in [6.45, 7) is 7.18. The fourth-order valence-corrected chi connectivity index (χ4v) is 3.21. The summed E-state index contributed by atoms with van der Waals surface area (Å²) in [7, 11) is 1.63. The summed E-state index contributed by atoms with van der Waals surface area (Å²) < 4.78 is 12.4. The third-order valence-corrected chi connectivity index (χ3v) is 4.75. The minimum atomic E-state index is -0.119. The second kappa shape index (κ2) is 10.1. The minimum Gasteiger partial charge on any atom is -0.497 e. The summed E-state index contributed by atoms with van der Waals surface area (Å²) in [6, 6.07) is 17.2. The number of nitrogens with zero attached hydrogens (tertiary/aromatic N) is 2. The van der Waals surface area contributed by atoms with E-state index < -0.39 is 0 Å². The first-order valence-electron chi connectivity index (χ1n) is 10.2. The number of hydrogen-bond acceptors (Lipinski definition) is 4. The number of hydrogen-bond donors (Lipinski definition) is 1. The van der Waals surface area contributed by atoms with Crippen LogP contribution in [0.2, 0.25) is 0 Å². The Labute approximate surface area is 177 Å². The smallest absolute Gasteiger partial charge is 0.280 e. The van der Waals surface area contributed by atoms with Crippen LogP contribution in [0.4, 0.5) is 0 Å². The van der Waals surface area contributed by atoms with Crippen molar-refractivity contribution in [3.8, 4) is 22.7 Å². The van der Waals surface area contributed by atoms with Gasteiger partial charge in [-0.3, -0.25) is 14.9 Å². The molecular formula is C24H29N3O3. The van der Waals surface area contributed by atoms with Crippen LogP contribution in [0, 0.1) is 0 Å². The second-order valence-electron chi connectivity index (χ2n) is 7.31. The number of aliphatic imine (C=N–C) groups is 1. The van der Waals surface area contributed by atoms with Gasteiger partial charge in [0.1, 0.15) is 5.75 Å². The van der Waals surface area contributed by atoms with E-state index in [9.17, 15) is 4.79 Å². The molecule has 0 aliphatic heterocycles. The molecule has 2 aromatic carbocycles. The molecule has 6 heteroatoms. The molecular weight excluding hydrogens is 378 g/mol. The van der Waals surface area contributed by atoms with Gasteiger partial charge in [-0.1, -0.05) is 18.2 Å². The third-order valence-electron chi connectivity index (χ3n) is 4.75. The van der Waals surface area contributed by atoms with E-state index >= 15 is 0 Å². The summed E-state index contributed by atoms with van der Waals surface area (Å²) in [5.74, 6) is 0.765. The van der Waals surface area contributed by atoms with Crippen LogP contribution in [0.25, 0.3) is 16.9 Å². The highest BCUT2D eigenvalue weighted by Gasteiger charge is 2.19. The van der Waals surface area contributed by atoms with Gasteiger partial charge in [0.2, 0.25) is 0 Å². The van der Waals surface area contributed by atoms with Gasteiger partial charge >= 0.3 is 0 Å². The summed E-state index contributed by atoms with van der Waals surface area (Å²) in [5, 5.41) is 3.28.